The molecular weight excluding hydrogens is 266 g/mol. The van der Waals surface area contributed by atoms with E-state index < -0.39 is 0 Å². The molecule has 1 aliphatic carbocycles. The maximum atomic E-state index is 6.07. The second kappa shape index (κ2) is 6.44. The van der Waals surface area contributed by atoms with Crippen LogP contribution in [0.2, 0.25) is 0 Å². The van der Waals surface area contributed by atoms with Gasteiger partial charge >= 0.3 is 0 Å². The zero-order valence-corrected chi connectivity index (χ0v) is 13.2. The average molecular weight is 293 g/mol. The molecule has 2 fully saturated rings. The van der Waals surface area contributed by atoms with Gasteiger partial charge in [-0.25, -0.2) is 0 Å². The summed E-state index contributed by atoms with van der Waals surface area (Å²) >= 11 is 0. The summed E-state index contributed by atoms with van der Waals surface area (Å²) in [5.74, 6) is 2.21. The van der Waals surface area contributed by atoms with Gasteiger partial charge < -0.3 is 14.6 Å². The molecule has 2 heterocycles. The van der Waals surface area contributed by atoms with Crippen molar-refractivity contribution in [2.45, 2.75) is 70.4 Å². The first-order chi connectivity index (χ1) is 10.2. The van der Waals surface area contributed by atoms with Crippen LogP contribution >= 0.6 is 0 Å². The molecule has 118 valence electrons. The van der Waals surface area contributed by atoms with Crippen molar-refractivity contribution in [1.82, 2.24) is 15.5 Å². The summed E-state index contributed by atoms with van der Waals surface area (Å²) in [6.45, 7) is 6.05. The first-order valence-corrected chi connectivity index (χ1v) is 8.45. The van der Waals surface area contributed by atoms with Gasteiger partial charge in [0.25, 0.3) is 0 Å². The molecule has 0 bridgehead atoms. The molecule has 1 aliphatic heterocycles. The third kappa shape index (κ3) is 3.14. The maximum Gasteiger partial charge on any atom is 0.243 e. The first-order valence-electron chi connectivity index (χ1n) is 8.45. The lowest BCUT2D eigenvalue weighted by Gasteiger charge is -2.34. The summed E-state index contributed by atoms with van der Waals surface area (Å²) in [5.41, 5.74) is -0.310. The number of ether oxygens (including phenoxy) is 1. The number of nitrogens with zero attached hydrogens (tertiary/aromatic N) is 2. The Bertz CT molecular complexity index is 449. The highest BCUT2D eigenvalue weighted by atomic mass is 16.5. The highest BCUT2D eigenvalue weighted by Crippen LogP contribution is 2.39. The molecule has 1 N–H and O–H groups in total. The van der Waals surface area contributed by atoms with Gasteiger partial charge in [-0.3, -0.25) is 0 Å². The third-order valence-electron chi connectivity index (χ3n) is 4.90. The Kier molecular flexibility index (Phi) is 4.60. The number of piperidine rings is 1. The molecule has 2 unspecified atom stereocenters. The Labute approximate surface area is 126 Å². The van der Waals surface area contributed by atoms with E-state index in [2.05, 4.69) is 17.4 Å². The number of rotatable bonds is 4. The van der Waals surface area contributed by atoms with Crippen LogP contribution in [0.5, 0.6) is 0 Å². The van der Waals surface area contributed by atoms with Gasteiger partial charge in [-0.15, -0.1) is 0 Å². The fourth-order valence-electron chi connectivity index (χ4n) is 3.69. The van der Waals surface area contributed by atoms with E-state index in [1.807, 2.05) is 6.92 Å². The Morgan fingerprint density at radius 1 is 1.33 bits per heavy atom. The molecule has 2 aliphatic rings. The van der Waals surface area contributed by atoms with Crippen molar-refractivity contribution >= 4 is 0 Å². The number of nitrogens with one attached hydrogen (secondary N) is 1. The minimum Gasteiger partial charge on any atom is -0.367 e. The summed E-state index contributed by atoms with van der Waals surface area (Å²) in [6.07, 6.45) is 7.96. The Morgan fingerprint density at radius 2 is 2.14 bits per heavy atom. The summed E-state index contributed by atoms with van der Waals surface area (Å²) in [6, 6.07) is 0.206. The minimum atomic E-state index is -0.310. The van der Waals surface area contributed by atoms with Crippen LogP contribution in [0.15, 0.2) is 4.52 Å². The zero-order chi connectivity index (χ0) is 14.7. The van der Waals surface area contributed by atoms with E-state index in [9.17, 15) is 0 Å². The van der Waals surface area contributed by atoms with Crippen molar-refractivity contribution in [1.29, 1.82) is 0 Å². The fraction of sp³-hybridized carbons (Fsp3) is 0.875. The van der Waals surface area contributed by atoms with Crippen molar-refractivity contribution in [3.8, 4) is 0 Å². The van der Waals surface area contributed by atoms with E-state index in [4.69, 9.17) is 14.2 Å². The lowest BCUT2D eigenvalue weighted by atomic mass is 9.84. The quantitative estimate of drug-likeness (QED) is 0.922. The molecular formula is C16H27N3O2. The van der Waals surface area contributed by atoms with Crippen LogP contribution in [0.3, 0.4) is 0 Å². The second-order valence-electron chi connectivity index (χ2n) is 6.58. The fourth-order valence-corrected chi connectivity index (χ4v) is 3.69. The first kappa shape index (κ1) is 15.0. The molecule has 1 saturated heterocycles. The van der Waals surface area contributed by atoms with Gasteiger partial charge in [0.1, 0.15) is 5.60 Å². The van der Waals surface area contributed by atoms with E-state index in [-0.39, 0.29) is 11.6 Å². The van der Waals surface area contributed by atoms with Crippen molar-refractivity contribution in [2.75, 3.05) is 13.2 Å². The van der Waals surface area contributed by atoms with Gasteiger partial charge in [-0.1, -0.05) is 31.3 Å². The van der Waals surface area contributed by atoms with Crippen molar-refractivity contribution < 1.29 is 9.26 Å². The Balaban J connectivity index is 1.78. The Hall–Kier alpha value is -0.940. The molecule has 21 heavy (non-hydrogen) atoms. The number of aromatic nitrogens is 2. The van der Waals surface area contributed by atoms with Crippen LogP contribution in [0.25, 0.3) is 0 Å². The van der Waals surface area contributed by atoms with E-state index in [1.54, 1.807) is 0 Å². The van der Waals surface area contributed by atoms with E-state index >= 15 is 0 Å². The van der Waals surface area contributed by atoms with Gasteiger partial charge in [-0.2, -0.15) is 4.98 Å². The van der Waals surface area contributed by atoms with Gasteiger partial charge in [-0.05, 0) is 45.1 Å². The van der Waals surface area contributed by atoms with E-state index in [0.29, 0.717) is 12.5 Å². The summed E-state index contributed by atoms with van der Waals surface area (Å²) in [4.78, 5) is 4.72. The van der Waals surface area contributed by atoms with Crippen molar-refractivity contribution in [2.24, 2.45) is 5.92 Å². The molecule has 5 nitrogen and oxygen atoms in total. The molecule has 0 radical (unpaired) electrons. The van der Waals surface area contributed by atoms with Gasteiger partial charge in [0.2, 0.25) is 11.7 Å². The Morgan fingerprint density at radius 3 is 2.86 bits per heavy atom. The monoisotopic (exact) mass is 293 g/mol. The van der Waals surface area contributed by atoms with Crippen LogP contribution in [0.1, 0.15) is 76.6 Å². The number of hydrogen-bond donors (Lipinski definition) is 1. The van der Waals surface area contributed by atoms with Crippen LogP contribution in [0.4, 0.5) is 0 Å². The van der Waals surface area contributed by atoms with E-state index in [1.165, 1.54) is 25.7 Å². The average Bonchev–Trinajstić information content (AvgIpc) is 2.99. The lowest BCUT2D eigenvalue weighted by Crippen LogP contribution is -2.34. The van der Waals surface area contributed by atoms with Crippen molar-refractivity contribution in [3.05, 3.63) is 11.7 Å². The third-order valence-corrected chi connectivity index (χ3v) is 4.90. The topological polar surface area (TPSA) is 60.2 Å². The summed E-state index contributed by atoms with van der Waals surface area (Å²) in [7, 11) is 0. The smallest absolute Gasteiger partial charge is 0.243 e. The van der Waals surface area contributed by atoms with Crippen LogP contribution < -0.4 is 5.32 Å². The maximum absolute atomic E-state index is 6.07. The molecule has 5 heteroatoms. The largest absolute Gasteiger partial charge is 0.367 e. The second-order valence-corrected chi connectivity index (χ2v) is 6.58. The van der Waals surface area contributed by atoms with Crippen molar-refractivity contribution in [3.63, 3.8) is 0 Å². The predicted molar refractivity (Wildman–Crippen MR) is 79.8 cm³/mol. The van der Waals surface area contributed by atoms with Crippen LogP contribution in [-0.2, 0) is 10.3 Å². The molecule has 0 spiro atoms. The van der Waals surface area contributed by atoms with Gasteiger partial charge in [0, 0.05) is 6.61 Å². The number of hydrogen-bond acceptors (Lipinski definition) is 5. The zero-order valence-electron chi connectivity index (χ0n) is 13.2. The van der Waals surface area contributed by atoms with Gasteiger partial charge in [0.05, 0.1) is 6.04 Å². The molecule has 1 saturated carbocycles. The normalized spacial score (nSPS) is 29.4. The predicted octanol–water partition coefficient (Wildman–Crippen LogP) is 3.33. The molecule has 2 atom stereocenters. The molecule has 3 rings (SSSR count). The highest BCUT2D eigenvalue weighted by molar-refractivity contribution is 5.05. The summed E-state index contributed by atoms with van der Waals surface area (Å²) in [5, 5.41) is 7.77. The standard InChI is InChI=1S/C16H27N3O2/c1-3-20-16(8-5-4-6-9-16)15-18-14(21-19-15)13-11-12(2)7-10-17-13/h12-13,17H,3-11H2,1-2H3. The molecule has 0 aromatic carbocycles. The SMILES string of the molecule is CCOC1(c2noc(C3CC(C)CCN3)n2)CCCCC1. The van der Waals surface area contributed by atoms with Crippen LogP contribution in [0, 0.1) is 5.92 Å². The minimum absolute atomic E-state index is 0.206. The molecule has 1 aromatic rings. The van der Waals surface area contributed by atoms with Gasteiger partial charge in [0.15, 0.2) is 0 Å². The molecule has 0 amide bonds. The highest BCUT2D eigenvalue weighted by Gasteiger charge is 2.40. The van der Waals surface area contributed by atoms with E-state index in [0.717, 1.165) is 37.5 Å². The van der Waals surface area contributed by atoms with Crippen LogP contribution in [-0.4, -0.2) is 23.3 Å². The molecule has 1 aromatic heterocycles. The summed E-state index contributed by atoms with van der Waals surface area (Å²) < 4.78 is 11.6. The lowest BCUT2D eigenvalue weighted by molar-refractivity contribution is -0.0777.